The SMILES string of the molecule is Cn1cc(-c2ccc3c(n2)C(C)(C)CN3c2ccnc(Cl)n2)cn1. The molecule has 0 radical (unpaired) electrons. The molecule has 1 aliphatic rings. The number of aryl methyl sites for hydroxylation is 1. The number of hydrogen-bond acceptors (Lipinski definition) is 5. The average Bonchev–Trinajstić information content (AvgIpc) is 3.09. The van der Waals surface area contributed by atoms with Crippen molar-refractivity contribution in [3.05, 3.63) is 47.8 Å². The van der Waals surface area contributed by atoms with Gasteiger partial charge >= 0.3 is 0 Å². The number of hydrogen-bond donors (Lipinski definition) is 0. The van der Waals surface area contributed by atoms with Gasteiger partial charge in [-0.1, -0.05) is 13.8 Å². The largest absolute Gasteiger partial charge is 0.324 e. The molecule has 0 aliphatic carbocycles. The summed E-state index contributed by atoms with van der Waals surface area (Å²) >= 11 is 5.96. The molecule has 0 saturated heterocycles. The van der Waals surface area contributed by atoms with E-state index >= 15 is 0 Å². The first kappa shape index (κ1) is 15.1. The lowest BCUT2D eigenvalue weighted by Crippen LogP contribution is -2.26. The third-order valence-corrected chi connectivity index (χ3v) is 4.43. The Morgan fingerprint density at radius 1 is 1.17 bits per heavy atom. The molecule has 3 aromatic heterocycles. The van der Waals surface area contributed by atoms with Crippen LogP contribution >= 0.6 is 11.6 Å². The average molecular weight is 341 g/mol. The highest BCUT2D eigenvalue weighted by atomic mass is 35.5. The molecule has 0 unspecified atom stereocenters. The van der Waals surface area contributed by atoms with E-state index in [1.807, 2.05) is 31.6 Å². The van der Waals surface area contributed by atoms with Gasteiger partial charge in [0.15, 0.2) is 0 Å². The van der Waals surface area contributed by atoms with E-state index in [1.54, 1.807) is 10.9 Å². The lowest BCUT2D eigenvalue weighted by Gasteiger charge is -2.20. The molecule has 0 aromatic carbocycles. The predicted octanol–water partition coefficient (Wildman–Crippen LogP) is 3.35. The number of fused-ring (bicyclic) bond motifs is 1. The summed E-state index contributed by atoms with van der Waals surface area (Å²) in [5, 5.41) is 4.48. The van der Waals surface area contributed by atoms with Crippen LogP contribution in [0.4, 0.5) is 11.5 Å². The lowest BCUT2D eigenvalue weighted by molar-refractivity contribution is 0.553. The van der Waals surface area contributed by atoms with E-state index in [1.165, 1.54) is 0 Å². The van der Waals surface area contributed by atoms with Crippen LogP contribution in [-0.2, 0) is 12.5 Å². The standard InChI is InChI=1S/C17H17ClN6/c1-17(2)10-24(14-6-7-19-16(18)22-14)13-5-4-12(21-15(13)17)11-8-20-23(3)9-11/h4-9H,10H2,1-3H3. The van der Waals surface area contributed by atoms with Crippen LogP contribution in [-0.4, -0.2) is 31.3 Å². The van der Waals surface area contributed by atoms with Gasteiger partial charge in [-0.15, -0.1) is 0 Å². The van der Waals surface area contributed by atoms with Crippen molar-refractivity contribution >= 4 is 23.1 Å². The van der Waals surface area contributed by atoms with Gasteiger partial charge in [0.2, 0.25) is 5.28 Å². The molecular weight excluding hydrogens is 324 g/mol. The van der Waals surface area contributed by atoms with Gasteiger partial charge in [-0.25, -0.2) is 15.0 Å². The minimum atomic E-state index is -0.0923. The molecule has 7 heteroatoms. The van der Waals surface area contributed by atoms with Crippen LogP contribution in [0.1, 0.15) is 19.5 Å². The topological polar surface area (TPSA) is 59.7 Å². The Kier molecular flexibility index (Phi) is 3.31. The summed E-state index contributed by atoms with van der Waals surface area (Å²) in [7, 11) is 1.90. The monoisotopic (exact) mass is 340 g/mol. The summed E-state index contributed by atoms with van der Waals surface area (Å²) in [5.41, 5.74) is 3.96. The maximum atomic E-state index is 5.96. The fraction of sp³-hybridized carbons (Fsp3) is 0.294. The number of nitrogens with zero attached hydrogens (tertiary/aromatic N) is 6. The molecule has 0 atom stereocenters. The van der Waals surface area contributed by atoms with Crippen molar-refractivity contribution < 1.29 is 0 Å². The number of rotatable bonds is 2. The minimum absolute atomic E-state index is 0.0923. The van der Waals surface area contributed by atoms with Crippen LogP contribution < -0.4 is 4.90 Å². The quantitative estimate of drug-likeness (QED) is 0.669. The molecule has 0 spiro atoms. The molecule has 0 saturated carbocycles. The molecular formula is C17H17ClN6. The Hall–Kier alpha value is -2.47. The van der Waals surface area contributed by atoms with E-state index in [4.69, 9.17) is 16.6 Å². The van der Waals surface area contributed by atoms with Crippen LogP contribution in [0.15, 0.2) is 36.8 Å². The third-order valence-electron chi connectivity index (χ3n) is 4.25. The van der Waals surface area contributed by atoms with E-state index in [0.29, 0.717) is 0 Å². The summed E-state index contributed by atoms with van der Waals surface area (Å²) in [4.78, 5) is 15.4. The summed E-state index contributed by atoms with van der Waals surface area (Å²) in [6.07, 6.45) is 5.48. The number of halogens is 1. The van der Waals surface area contributed by atoms with Crippen LogP contribution in [0.5, 0.6) is 0 Å². The second-order valence-corrected chi connectivity index (χ2v) is 6.96. The van der Waals surface area contributed by atoms with Crippen LogP contribution in [0, 0.1) is 0 Å². The summed E-state index contributed by atoms with van der Waals surface area (Å²) in [5.74, 6) is 0.790. The second-order valence-electron chi connectivity index (χ2n) is 6.62. The Balaban J connectivity index is 1.81. The van der Waals surface area contributed by atoms with E-state index in [9.17, 15) is 0 Å². The van der Waals surface area contributed by atoms with E-state index in [-0.39, 0.29) is 10.7 Å². The molecule has 0 N–H and O–H groups in total. The van der Waals surface area contributed by atoms with Gasteiger partial charge in [0.05, 0.1) is 23.3 Å². The van der Waals surface area contributed by atoms with Crippen molar-refractivity contribution in [3.63, 3.8) is 0 Å². The van der Waals surface area contributed by atoms with Crippen molar-refractivity contribution in [2.45, 2.75) is 19.3 Å². The number of aromatic nitrogens is 5. The van der Waals surface area contributed by atoms with Gasteiger partial charge in [0.1, 0.15) is 5.82 Å². The Morgan fingerprint density at radius 2 is 2.00 bits per heavy atom. The highest BCUT2D eigenvalue weighted by molar-refractivity contribution is 6.28. The van der Waals surface area contributed by atoms with Crippen molar-refractivity contribution in [1.29, 1.82) is 0 Å². The van der Waals surface area contributed by atoms with Crippen LogP contribution in [0.3, 0.4) is 0 Å². The van der Waals surface area contributed by atoms with E-state index in [0.717, 1.165) is 35.0 Å². The predicted molar refractivity (Wildman–Crippen MR) is 93.5 cm³/mol. The zero-order chi connectivity index (χ0) is 16.9. The lowest BCUT2D eigenvalue weighted by atomic mass is 9.91. The van der Waals surface area contributed by atoms with Gasteiger partial charge in [0, 0.05) is 37.0 Å². The summed E-state index contributed by atoms with van der Waals surface area (Å²) in [6.45, 7) is 5.17. The zero-order valence-corrected chi connectivity index (χ0v) is 14.5. The Labute approximate surface area is 145 Å². The normalized spacial score (nSPS) is 15.6. The zero-order valence-electron chi connectivity index (χ0n) is 13.7. The fourth-order valence-electron chi connectivity index (χ4n) is 3.12. The molecule has 3 aromatic rings. The third kappa shape index (κ3) is 2.43. The second kappa shape index (κ2) is 5.27. The first-order valence-electron chi connectivity index (χ1n) is 7.71. The molecule has 122 valence electrons. The van der Waals surface area contributed by atoms with Gasteiger partial charge in [-0.05, 0) is 29.8 Å². The molecule has 4 rings (SSSR count). The van der Waals surface area contributed by atoms with Gasteiger partial charge < -0.3 is 4.90 Å². The van der Waals surface area contributed by atoms with Crippen molar-refractivity contribution in [3.8, 4) is 11.3 Å². The van der Waals surface area contributed by atoms with Gasteiger partial charge in [0.25, 0.3) is 0 Å². The van der Waals surface area contributed by atoms with E-state index in [2.05, 4.69) is 39.9 Å². The number of anilines is 2. The van der Waals surface area contributed by atoms with Gasteiger partial charge in [-0.3, -0.25) is 4.68 Å². The molecule has 6 nitrogen and oxygen atoms in total. The Morgan fingerprint density at radius 3 is 2.71 bits per heavy atom. The summed E-state index contributed by atoms with van der Waals surface area (Å²) < 4.78 is 1.78. The number of pyridine rings is 1. The fourth-order valence-corrected chi connectivity index (χ4v) is 3.26. The van der Waals surface area contributed by atoms with Crippen molar-refractivity contribution in [1.82, 2.24) is 24.7 Å². The Bertz CT molecular complexity index is 917. The maximum Gasteiger partial charge on any atom is 0.224 e. The highest BCUT2D eigenvalue weighted by Gasteiger charge is 2.38. The first-order valence-corrected chi connectivity index (χ1v) is 8.08. The maximum absolute atomic E-state index is 5.96. The summed E-state index contributed by atoms with van der Waals surface area (Å²) in [6, 6.07) is 5.98. The van der Waals surface area contributed by atoms with Crippen LogP contribution in [0.25, 0.3) is 11.3 Å². The molecule has 1 aliphatic heterocycles. The molecule has 0 amide bonds. The van der Waals surface area contributed by atoms with Gasteiger partial charge in [-0.2, -0.15) is 5.10 Å². The van der Waals surface area contributed by atoms with Crippen LogP contribution in [0.2, 0.25) is 5.28 Å². The molecule has 4 heterocycles. The highest BCUT2D eigenvalue weighted by Crippen LogP contribution is 2.43. The molecule has 24 heavy (non-hydrogen) atoms. The van der Waals surface area contributed by atoms with Crippen molar-refractivity contribution in [2.75, 3.05) is 11.4 Å². The van der Waals surface area contributed by atoms with Crippen molar-refractivity contribution in [2.24, 2.45) is 7.05 Å². The minimum Gasteiger partial charge on any atom is -0.324 e. The van der Waals surface area contributed by atoms with E-state index < -0.39 is 0 Å². The smallest absolute Gasteiger partial charge is 0.224 e. The molecule has 0 fully saturated rings. The molecule has 0 bridgehead atoms. The first-order chi connectivity index (χ1) is 11.4.